The van der Waals surface area contributed by atoms with E-state index in [2.05, 4.69) is 20.9 Å². The van der Waals surface area contributed by atoms with Crippen LogP contribution in [-0.4, -0.2) is 29.4 Å². The first kappa shape index (κ1) is 17.2. The van der Waals surface area contributed by atoms with Gasteiger partial charge in [-0.25, -0.2) is 4.79 Å². The number of carbonyl (C=O) groups is 2. The van der Waals surface area contributed by atoms with Crippen LogP contribution in [0.3, 0.4) is 0 Å². The topological polar surface area (TPSA) is 68.4 Å². The maximum atomic E-state index is 12.5. The van der Waals surface area contributed by atoms with Gasteiger partial charge in [0.2, 0.25) is 5.78 Å². The van der Waals surface area contributed by atoms with Crippen molar-refractivity contribution in [3.8, 4) is 5.75 Å². The van der Waals surface area contributed by atoms with Crippen molar-refractivity contribution in [3.63, 3.8) is 0 Å². The Morgan fingerprint density at radius 1 is 1.16 bits per heavy atom. The van der Waals surface area contributed by atoms with E-state index in [1.54, 1.807) is 31.3 Å². The number of benzene rings is 2. The van der Waals surface area contributed by atoms with Gasteiger partial charge in [0.1, 0.15) is 5.75 Å². The molecule has 0 aliphatic carbocycles. The molecule has 5 nitrogen and oxygen atoms in total. The van der Waals surface area contributed by atoms with Crippen molar-refractivity contribution in [2.24, 2.45) is 0 Å². The molecule has 6 heteroatoms. The molecule has 0 spiro atoms. The van der Waals surface area contributed by atoms with Crippen LogP contribution in [0.4, 0.5) is 0 Å². The van der Waals surface area contributed by atoms with Gasteiger partial charge in [-0.3, -0.25) is 4.79 Å². The van der Waals surface area contributed by atoms with Crippen LogP contribution in [0, 0.1) is 0 Å². The number of aromatic amines is 1. The lowest BCUT2D eigenvalue weighted by molar-refractivity contribution is -0.148. The summed E-state index contributed by atoms with van der Waals surface area (Å²) in [6.07, 6.45) is 0.743. The number of para-hydroxylation sites is 1. The van der Waals surface area contributed by atoms with Gasteiger partial charge in [0, 0.05) is 27.1 Å². The maximum absolute atomic E-state index is 12.5. The molecule has 2 aromatic carbocycles. The average molecular weight is 402 g/mol. The zero-order chi connectivity index (χ0) is 17.8. The number of Topliss-reactive ketones (excluding diaryl/α,β-unsaturated/α-hetero) is 1. The number of halogens is 1. The summed E-state index contributed by atoms with van der Waals surface area (Å²) < 4.78 is 11.4. The van der Waals surface area contributed by atoms with Gasteiger partial charge in [0.15, 0.2) is 12.7 Å². The highest BCUT2D eigenvalue weighted by Crippen LogP contribution is 2.20. The number of rotatable bonds is 6. The van der Waals surface area contributed by atoms with Crippen LogP contribution in [-0.2, 0) is 9.53 Å². The van der Waals surface area contributed by atoms with Gasteiger partial charge < -0.3 is 14.5 Å². The number of aromatic nitrogens is 1. The van der Waals surface area contributed by atoms with Crippen LogP contribution in [0.1, 0.15) is 17.3 Å². The molecular formula is C19H16BrNO4. The molecule has 1 heterocycles. The van der Waals surface area contributed by atoms with E-state index in [0.717, 1.165) is 15.4 Å². The fraction of sp³-hybridized carbons (Fsp3) is 0.158. The smallest absolute Gasteiger partial charge is 0.344 e. The molecule has 25 heavy (non-hydrogen) atoms. The average Bonchev–Trinajstić information content (AvgIpc) is 3.03. The molecule has 3 rings (SSSR count). The number of nitrogens with one attached hydrogen (secondary N) is 1. The molecule has 128 valence electrons. The van der Waals surface area contributed by atoms with Crippen molar-refractivity contribution < 1.29 is 19.1 Å². The minimum atomic E-state index is -0.891. The molecule has 0 saturated heterocycles. The van der Waals surface area contributed by atoms with E-state index in [1.807, 2.05) is 30.3 Å². The highest BCUT2D eigenvalue weighted by Gasteiger charge is 2.22. The predicted molar refractivity (Wildman–Crippen MR) is 97.8 cm³/mol. The first-order valence-electron chi connectivity index (χ1n) is 7.73. The normalized spacial score (nSPS) is 11.9. The van der Waals surface area contributed by atoms with E-state index in [1.165, 1.54) is 0 Å². The second kappa shape index (κ2) is 7.53. The second-order valence-electron chi connectivity index (χ2n) is 5.49. The molecule has 0 fully saturated rings. The van der Waals surface area contributed by atoms with E-state index in [9.17, 15) is 9.59 Å². The molecule has 0 bridgehead atoms. The van der Waals surface area contributed by atoms with Gasteiger partial charge in [-0.15, -0.1) is 0 Å². The van der Waals surface area contributed by atoms with Crippen LogP contribution in [0.15, 0.2) is 59.2 Å². The summed E-state index contributed by atoms with van der Waals surface area (Å²) >= 11 is 3.33. The Morgan fingerprint density at radius 2 is 1.96 bits per heavy atom. The Morgan fingerprint density at radius 3 is 2.76 bits per heavy atom. The number of hydrogen-bond acceptors (Lipinski definition) is 4. The number of fused-ring (bicyclic) bond motifs is 1. The first-order chi connectivity index (χ1) is 12.0. The Balaban J connectivity index is 1.60. The van der Waals surface area contributed by atoms with Crippen LogP contribution in [0.25, 0.3) is 10.9 Å². The minimum absolute atomic E-state index is 0.256. The van der Waals surface area contributed by atoms with Crippen molar-refractivity contribution in [2.75, 3.05) is 6.61 Å². The van der Waals surface area contributed by atoms with E-state index in [4.69, 9.17) is 9.47 Å². The van der Waals surface area contributed by atoms with E-state index in [0.29, 0.717) is 11.3 Å². The molecule has 1 aromatic heterocycles. The lowest BCUT2D eigenvalue weighted by atomic mass is 10.1. The van der Waals surface area contributed by atoms with Crippen LogP contribution < -0.4 is 4.74 Å². The molecule has 0 aliphatic heterocycles. The van der Waals surface area contributed by atoms with Gasteiger partial charge in [-0.1, -0.05) is 40.2 Å². The van der Waals surface area contributed by atoms with Gasteiger partial charge >= 0.3 is 5.97 Å². The monoisotopic (exact) mass is 401 g/mol. The Hall–Kier alpha value is -2.60. The number of ether oxygens (including phenoxy) is 2. The van der Waals surface area contributed by atoms with Gasteiger partial charge in [-0.05, 0) is 31.2 Å². The molecule has 1 N–H and O–H groups in total. The number of hydrogen-bond donors (Lipinski definition) is 1. The fourth-order valence-electron chi connectivity index (χ4n) is 2.48. The fourth-order valence-corrected chi connectivity index (χ4v) is 2.86. The summed E-state index contributed by atoms with van der Waals surface area (Å²) in [5, 5.41) is 0.806. The molecule has 0 amide bonds. The molecule has 0 saturated carbocycles. The Bertz CT molecular complexity index is 918. The zero-order valence-electron chi connectivity index (χ0n) is 13.5. The minimum Gasteiger partial charge on any atom is -0.482 e. The van der Waals surface area contributed by atoms with E-state index < -0.39 is 12.1 Å². The number of H-pyrrole nitrogens is 1. The van der Waals surface area contributed by atoms with Gasteiger partial charge in [0.05, 0.1) is 0 Å². The van der Waals surface area contributed by atoms with Crippen LogP contribution in [0.5, 0.6) is 5.75 Å². The summed E-state index contributed by atoms with van der Waals surface area (Å²) in [7, 11) is 0. The highest BCUT2D eigenvalue weighted by atomic mass is 79.9. The molecule has 0 radical (unpaired) electrons. The van der Waals surface area contributed by atoms with E-state index >= 15 is 0 Å². The molecule has 3 aromatic rings. The quantitative estimate of drug-likeness (QED) is 0.498. The number of esters is 1. The molecule has 0 aliphatic rings. The maximum Gasteiger partial charge on any atom is 0.344 e. The highest BCUT2D eigenvalue weighted by molar-refractivity contribution is 9.10. The molecular weight excluding hydrogens is 386 g/mol. The summed E-state index contributed by atoms with van der Waals surface area (Å²) in [5.41, 5.74) is 1.37. The lowest BCUT2D eigenvalue weighted by Gasteiger charge is -2.12. The third-order valence-electron chi connectivity index (χ3n) is 3.68. The first-order valence-corrected chi connectivity index (χ1v) is 8.52. The summed E-state index contributed by atoms with van der Waals surface area (Å²) in [4.78, 5) is 27.5. The summed E-state index contributed by atoms with van der Waals surface area (Å²) in [5.74, 6) is -0.309. The van der Waals surface area contributed by atoms with Crippen molar-refractivity contribution in [3.05, 3.63) is 64.8 Å². The largest absolute Gasteiger partial charge is 0.482 e. The predicted octanol–water partition coefficient (Wildman–Crippen LogP) is 4.12. The van der Waals surface area contributed by atoms with E-state index in [-0.39, 0.29) is 12.4 Å². The Labute approximate surface area is 153 Å². The molecule has 1 atom stereocenters. The SMILES string of the molecule is CC(OC(=O)COc1cccc(Br)c1)C(=O)c1c[nH]c2ccccc12. The van der Waals surface area contributed by atoms with Crippen LogP contribution in [0.2, 0.25) is 0 Å². The third-order valence-corrected chi connectivity index (χ3v) is 4.18. The van der Waals surface area contributed by atoms with Crippen molar-refractivity contribution in [1.29, 1.82) is 0 Å². The van der Waals surface area contributed by atoms with Gasteiger partial charge in [-0.2, -0.15) is 0 Å². The van der Waals surface area contributed by atoms with Crippen molar-refractivity contribution in [2.45, 2.75) is 13.0 Å². The van der Waals surface area contributed by atoms with Crippen LogP contribution >= 0.6 is 15.9 Å². The summed E-state index contributed by atoms with van der Waals surface area (Å²) in [6, 6.07) is 14.6. The van der Waals surface area contributed by atoms with Crippen molar-refractivity contribution in [1.82, 2.24) is 4.98 Å². The Kier molecular flexibility index (Phi) is 5.19. The lowest BCUT2D eigenvalue weighted by Crippen LogP contribution is -2.27. The standard InChI is InChI=1S/C19H16BrNO4/c1-12(19(23)16-10-21-17-8-3-2-7-15(16)17)25-18(22)11-24-14-6-4-5-13(20)9-14/h2-10,12,21H,11H2,1H3. The summed E-state index contributed by atoms with van der Waals surface area (Å²) in [6.45, 7) is 1.29. The van der Waals surface area contributed by atoms with Crippen molar-refractivity contribution >= 4 is 38.6 Å². The number of carbonyl (C=O) groups excluding carboxylic acids is 2. The molecule has 1 unspecified atom stereocenters. The number of ketones is 1. The van der Waals surface area contributed by atoms with Gasteiger partial charge in [0.25, 0.3) is 0 Å². The third kappa shape index (κ3) is 4.09. The second-order valence-corrected chi connectivity index (χ2v) is 6.41. The zero-order valence-corrected chi connectivity index (χ0v) is 15.1.